The summed E-state index contributed by atoms with van der Waals surface area (Å²) in [5.41, 5.74) is 3.88. The van der Waals surface area contributed by atoms with Crippen LogP contribution in [0.4, 0.5) is 5.69 Å². The molecular formula is C29H35ClN2O3. The van der Waals surface area contributed by atoms with Crippen LogP contribution in [0, 0.1) is 11.8 Å². The number of rotatable bonds is 5. The summed E-state index contributed by atoms with van der Waals surface area (Å²) in [6.45, 7) is 7.53. The lowest BCUT2D eigenvalue weighted by atomic mass is 9.73. The summed E-state index contributed by atoms with van der Waals surface area (Å²) >= 11 is 6.23. The Morgan fingerprint density at radius 1 is 1.11 bits per heavy atom. The van der Waals surface area contributed by atoms with Crippen LogP contribution in [-0.4, -0.2) is 42.8 Å². The first-order valence-corrected chi connectivity index (χ1v) is 13.3. The molecule has 3 aliphatic rings. The smallest absolute Gasteiger partial charge is 0.235 e. The van der Waals surface area contributed by atoms with Crippen LogP contribution >= 0.6 is 11.6 Å². The van der Waals surface area contributed by atoms with Gasteiger partial charge in [0, 0.05) is 30.1 Å². The number of amides is 1. The van der Waals surface area contributed by atoms with E-state index in [-0.39, 0.29) is 5.91 Å². The van der Waals surface area contributed by atoms with Crippen LogP contribution in [-0.2, 0) is 27.8 Å². The van der Waals surface area contributed by atoms with Crippen molar-refractivity contribution in [2.75, 3.05) is 31.6 Å². The Morgan fingerprint density at radius 3 is 2.69 bits per heavy atom. The number of carbonyl (C=O) groups is 2. The second-order valence-corrected chi connectivity index (χ2v) is 11.2. The number of hydrogen-bond acceptors (Lipinski definition) is 4. The molecule has 1 unspecified atom stereocenters. The molecule has 1 aliphatic carbocycles. The van der Waals surface area contributed by atoms with Crippen molar-refractivity contribution in [1.29, 1.82) is 0 Å². The monoisotopic (exact) mass is 494 g/mol. The minimum absolute atomic E-state index is 0.0979. The summed E-state index contributed by atoms with van der Waals surface area (Å²) < 4.78 is 6.10. The molecule has 6 heteroatoms. The predicted octanol–water partition coefficient (Wildman–Crippen LogP) is 5.42. The molecule has 2 aromatic carbocycles. The fourth-order valence-corrected chi connectivity index (χ4v) is 6.19. The molecule has 5 rings (SSSR count). The fraction of sp³-hybridized carbons (Fsp3) is 0.517. The van der Waals surface area contributed by atoms with Crippen LogP contribution < -0.4 is 10.1 Å². The normalized spacial score (nSPS) is 21.9. The van der Waals surface area contributed by atoms with Crippen LogP contribution in [0.5, 0.6) is 5.75 Å². The zero-order valence-corrected chi connectivity index (χ0v) is 21.5. The van der Waals surface area contributed by atoms with E-state index in [4.69, 9.17) is 16.3 Å². The summed E-state index contributed by atoms with van der Waals surface area (Å²) in [6.07, 6.45) is 4.87. The average Bonchev–Trinajstić information content (AvgIpc) is 3.08. The first-order valence-electron chi connectivity index (χ1n) is 12.9. The van der Waals surface area contributed by atoms with Crippen molar-refractivity contribution >= 4 is 29.0 Å². The Balaban J connectivity index is 1.16. The zero-order chi connectivity index (χ0) is 24.6. The van der Waals surface area contributed by atoms with Crippen molar-refractivity contribution in [3.05, 3.63) is 58.1 Å². The minimum Gasteiger partial charge on any atom is -0.492 e. The molecule has 1 spiro atoms. The van der Waals surface area contributed by atoms with E-state index in [2.05, 4.69) is 36.2 Å². The molecule has 2 heterocycles. The van der Waals surface area contributed by atoms with Crippen LogP contribution in [0.3, 0.4) is 0 Å². The summed E-state index contributed by atoms with van der Waals surface area (Å²) in [6, 6.07) is 11.9. The Hall–Kier alpha value is -2.37. The Bertz CT molecular complexity index is 1120. The third-order valence-corrected chi connectivity index (χ3v) is 8.58. The first kappa shape index (κ1) is 24.3. The van der Waals surface area contributed by atoms with Crippen LogP contribution in [0.15, 0.2) is 36.4 Å². The van der Waals surface area contributed by atoms with Crippen molar-refractivity contribution in [1.82, 2.24) is 4.90 Å². The number of benzene rings is 2. The summed E-state index contributed by atoms with van der Waals surface area (Å²) in [4.78, 5) is 27.8. The van der Waals surface area contributed by atoms with Gasteiger partial charge < -0.3 is 10.1 Å². The molecule has 0 radical (unpaired) electrons. The lowest BCUT2D eigenvalue weighted by Crippen LogP contribution is -2.47. The van der Waals surface area contributed by atoms with E-state index in [1.807, 2.05) is 24.3 Å². The number of ether oxygens (including phenoxy) is 1. The van der Waals surface area contributed by atoms with Gasteiger partial charge >= 0.3 is 0 Å². The number of nitrogens with one attached hydrogen (secondary N) is 1. The third-order valence-electron chi connectivity index (χ3n) is 8.35. The molecule has 1 N–H and O–H groups in total. The summed E-state index contributed by atoms with van der Waals surface area (Å²) in [7, 11) is 0. The van der Waals surface area contributed by atoms with E-state index in [9.17, 15) is 9.59 Å². The van der Waals surface area contributed by atoms with Gasteiger partial charge in [0.15, 0.2) is 0 Å². The number of carbonyl (C=O) groups excluding carboxylic acids is 2. The van der Waals surface area contributed by atoms with Crippen LogP contribution in [0.1, 0.15) is 56.2 Å². The molecule has 2 aromatic rings. The number of aryl methyl sites for hydroxylation is 1. The number of piperidine rings is 1. The molecule has 0 aromatic heterocycles. The second-order valence-electron chi connectivity index (χ2n) is 10.8. The van der Waals surface area contributed by atoms with Crippen LogP contribution in [0.2, 0.25) is 5.02 Å². The minimum atomic E-state index is -0.464. The molecule has 35 heavy (non-hydrogen) atoms. The lowest BCUT2D eigenvalue weighted by molar-refractivity contribution is -0.122. The maximum absolute atomic E-state index is 12.8. The standard InChI is InChI=1S/C29H35ClN2O3/c1-19(2)21-4-3-20-5-7-25(17-22(20)16-24(33)15-21)35-14-13-32-11-9-29(10-12-32)26-18-23(30)6-8-27(26)31-28(29)34/h5-8,17-19,21H,3-4,9-16H2,1-2H3,(H,31,34). The van der Waals surface area contributed by atoms with Crippen LogP contribution in [0.25, 0.3) is 0 Å². The first-order chi connectivity index (χ1) is 16.8. The van der Waals surface area contributed by atoms with Gasteiger partial charge in [0.05, 0.1) is 5.41 Å². The second kappa shape index (κ2) is 9.94. The highest BCUT2D eigenvalue weighted by Crippen LogP contribution is 2.45. The molecule has 0 bridgehead atoms. The van der Waals surface area contributed by atoms with E-state index in [1.54, 1.807) is 0 Å². The van der Waals surface area contributed by atoms with Gasteiger partial charge in [-0.15, -0.1) is 0 Å². The molecule has 186 valence electrons. The highest BCUT2D eigenvalue weighted by Gasteiger charge is 2.48. The third kappa shape index (κ3) is 4.99. The molecule has 0 saturated carbocycles. The number of Topliss-reactive ketones (excluding diaryl/α,β-unsaturated/α-hetero) is 1. The average molecular weight is 495 g/mol. The summed E-state index contributed by atoms with van der Waals surface area (Å²) in [5, 5.41) is 3.72. The Morgan fingerprint density at radius 2 is 1.91 bits per heavy atom. The van der Waals surface area contributed by atoms with Gasteiger partial charge in [-0.25, -0.2) is 0 Å². The maximum Gasteiger partial charge on any atom is 0.235 e. The van der Waals surface area contributed by atoms with E-state index < -0.39 is 5.41 Å². The molecule has 1 saturated heterocycles. The Kier molecular flexibility index (Phi) is 6.91. The van der Waals surface area contributed by atoms with E-state index in [1.165, 1.54) is 5.56 Å². The van der Waals surface area contributed by atoms with E-state index >= 15 is 0 Å². The molecule has 2 aliphatic heterocycles. The zero-order valence-electron chi connectivity index (χ0n) is 20.7. The van der Waals surface area contributed by atoms with Crippen molar-refractivity contribution < 1.29 is 14.3 Å². The number of nitrogens with zero attached hydrogens (tertiary/aromatic N) is 1. The van der Waals surface area contributed by atoms with Gasteiger partial charge in [0.2, 0.25) is 5.91 Å². The Labute approximate surface area is 213 Å². The molecule has 1 fully saturated rings. The van der Waals surface area contributed by atoms with Gasteiger partial charge in [-0.1, -0.05) is 31.5 Å². The SMILES string of the molecule is CC(C)C1CCc2ccc(OCCN3CCC4(CC3)C(=O)Nc3ccc(Cl)cc34)cc2CC(=O)C1. The van der Waals surface area contributed by atoms with Crippen molar-refractivity contribution in [3.8, 4) is 5.75 Å². The molecule has 1 amide bonds. The summed E-state index contributed by atoms with van der Waals surface area (Å²) in [5.74, 6) is 2.30. The quantitative estimate of drug-likeness (QED) is 0.602. The lowest BCUT2D eigenvalue weighted by Gasteiger charge is -2.38. The largest absolute Gasteiger partial charge is 0.492 e. The highest BCUT2D eigenvalue weighted by molar-refractivity contribution is 6.31. The number of ketones is 1. The number of likely N-dealkylation sites (tertiary alicyclic amines) is 1. The van der Waals surface area contributed by atoms with E-state index in [0.717, 1.165) is 67.9 Å². The van der Waals surface area contributed by atoms with Crippen molar-refractivity contribution in [2.24, 2.45) is 11.8 Å². The van der Waals surface area contributed by atoms with Gasteiger partial charge in [-0.2, -0.15) is 0 Å². The van der Waals surface area contributed by atoms with Gasteiger partial charge in [0.1, 0.15) is 18.1 Å². The molecular weight excluding hydrogens is 460 g/mol. The van der Waals surface area contributed by atoms with E-state index in [0.29, 0.717) is 42.1 Å². The van der Waals surface area contributed by atoms with Gasteiger partial charge in [-0.05, 0) is 97.6 Å². The number of fused-ring (bicyclic) bond motifs is 3. The van der Waals surface area contributed by atoms with Gasteiger partial charge in [0.25, 0.3) is 0 Å². The maximum atomic E-state index is 12.8. The molecule has 5 nitrogen and oxygen atoms in total. The van der Waals surface area contributed by atoms with Gasteiger partial charge in [-0.3, -0.25) is 14.5 Å². The molecule has 1 atom stereocenters. The highest BCUT2D eigenvalue weighted by atomic mass is 35.5. The van der Waals surface area contributed by atoms with Crippen molar-refractivity contribution in [2.45, 2.75) is 57.8 Å². The fourth-order valence-electron chi connectivity index (χ4n) is 6.02. The number of anilines is 1. The topological polar surface area (TPSA) is 58.6 Å². The predicted molar refractivity (Wildman–Crippen MR) is 139 cm³/mol. The number of halogens is 1. The van der Waals surface area contributed by atoms with Crippen molar-refractivity contribution in [3.63, 3.8) is 0 Å². The number of hydrogen-bond donors (Lipinski definition) is 1.